The Bertz CT molecular complexity index is 1060. The lowest BCUT2D eigenvalue weighted by molar-refractivity contribution is -0.138. The van der Waals surface area contributed by atoms with E-state index in [2.05, 4.69) is 16.3 Å². The fraction of sp³-hybridized carbons (Fsp3) is 0.444. The van der Waals surface area contributed by atoms with Crippen molar-refractivity contribution in [3.8, 4) is 11.8 Å². The average Bonchev–Trinajstić information content (AvgIpc) is 2.89. The molecule has 0 radical (unpaired) electrons. The number of nitrogens with zero attached hydrogens (tertiary/aromatic N) is 3. The van der Waals surface area contributed by atoms with Crippen molar-refractivity contribution in [3.63, 3.8) is 0 Å². The molecular formula is C27H32N4O3. The van der Waals surface area contributed by atoms with E-state index in [1.807, 2.05) is 23.1 Å². The van der Waals surface area contributed by atoms with E-state index in [-0.39, 0.29) is 11.8 Å². The van der Waals surface area contributed by atoms with Crippen LogP contribution in [0.1, 0.15) is 53.6 Å². The van der Waals surface area contributed by atoms with Crippen LogP contribution in [0.25, 0.3) is 0 Å². The number of amides is 2. The molecule has 2 amide bonds. The summed E-state index contributed by atoms with van der Waals surface area (Å²) in [6.07, 6.45) is 5.68. The number of anilines is 1. The van der Waals surface area contributed by atoms with E-state index in [9.17, 15) is 9.59 Å². The van der Waals surface area contributed by atoms with E-state index >= 15 is 0 Å². The van der Waals surface area contributed by atoms with Gasteiger partial charge in [-0.3, -0.25) is 14.5 Å². The number of nitriles is 1. The van der Waals surface area contributed by atoms with Gasteiger partial charge in [-0.1, -0.05) is 37.5 Å². The van der Waals surface area contributed by atoms with Crippen molar-refractivity contribution < 1.29 is 14.3 Å². The third-order valence-corrected chi connectivity index (χ3v) is 6.84. The SMILES string of the molecule is COc1c(CN2CCN(C(=O)C3CCCCC3)CC2)cccc1NC(=O)c1cccc(C#N)c1. The minimum atomic E-state index is -0.289. The van der Waals surface area contributed by atoms with Crippen molar-refractivity contribution in [2.45, 2.75) is 38.6 Å². The summed E-state index contributed by atoms with van der Waals surface area (Å²) >= 11 is 0. The summed E-state index contributed by atoms with van der Waals surface area (Å²) in [5.41, 5.74) is 2.44. The van der Waals surface area contributed by atoms with Crippen LogP contribution in [0.4, 0.5) is 5.69 Å². The molecule has 178 valence electrons. The molecule has 2 aromatic carbocycles. The van der Waals surface area contributed by atoms with Gasteiger partial charge in [0.25, 0.3) is 5.91 Å². The van der Waals surface area contributed by atoms with Gasteiger partial charge in [0.1, 0.15) is 5.75 Å². The van der Waals surface area contributed by atoms with Crippen LogP contribution in [0.2, 0.25) is 0 Å². The second kappa shape index (κ2) is 11.2. The lowest BCUT2D eigenvalue weighted by Crippen LogP contribution is -2.50. The standard InChI is InChI=1S/C27H32N4O3/c1-34-25-23(11-6-12-24(25)29-26(32)22-10-5-7-20(17-22)18-28)19-30-13-15-31(16-14-30)27(33)21-8-3-2-4-9-21/h5-7,10-12,17,21H,2-4,8-9,13-16,19H2,1H3,(H,29,32). The molecule has 0 unspecified atom stereocenters. The number of piperazine rings is 1. The first kappa shape index (κ1) is 23.8. The van der Waals surface area contributed by atoms with Crippen molar-refractivity contribution in [2.24, 2.45) is 5.92 Å². The van der Waals surface area contributed by atoms with Crippen LogP contribution in [0, 0.1) is 17.2 Å². The van der Waals surface area contributed by atoms with Crippen LogP contribution in [0.15, 0.2) is 42.5 Å². The lowest BCUT2D eigenvalue weighted by atomic mass is 9.88. The van der Waals surface area contributed by atoms with Crippen LogP contribution >= 0.6 is 0 Å². The molecule has 1 saturated carbocycles. The van der Waals surface area contributed by atoms with Crippen LogP contribution in [-0.4, -0.2) is 54.9 Å². The molecule has 34 heavy (non-hydrogen) atoms. The number of rotatable bonds is 6. The van der Waals surface area contributed by atoms with Gasteiger partial charge in [0.2, 0.25) is 5.91 Å². The van der Waals surface area contributed by atoms with Gasteiger partial charge in [0, 0.05) is 49.8 Å². The van der Waals surface area contributed by atoms with Crippen molar-refractivity contribution in [1.29, 1.82) is 5.26 Å². The van der Waals surface area contributed by atoms with Crippen LogP contribution in [0.3, 0.4) is 0 Å². The Hall–Kier alpha value is -3.37. The zero-order valence-corrected chi connectivity index (χ0v) is 19.8. The predicted molar refractivity (Wildman–Crippen MR) is 131 cm³/mol. The lowest BCUT2D eigenvalue weighted by Gasteiger charge is -2.37. The molecule has 1 heterocycles. The first-order valence-electron chi connectivity index (χ1n) is 12.1. The molecular weight excluding hydrogens is 428 g/mol. The Morgan fingerprint density at radius 2 is 1.79 bits per heavy atom. The van der Waals surface area contributed by atoms with E-state index < -0.39 is 0 Å². The van der Waals surface area contributed by atoms with Crippen LogP contribution < -0.4 is 10.1 Å². The fourth-order valence-electron chi connectivity index (χ4n) is 4.95. The number of hydrogen-bond donors (Lipinski definition) is 1. The maximum absolute atomic E-state index is 12.9. The second-order valence-electron chi connectivity index (χ2n) is 9.08. The van der Waals surface area contributed by atoms with E-state index in [4.69, 9.17) is 10.00 Å². The monoisotopic (exact) mass is 460 g/mol. The predicted octanol–water partition coefficient (Wildman–Crippen LogP) is 4.04. The molecule has 0 spiro atoms. The molecule has 2 aliphatic rings. The van der Waals surface area contributed by atoms with Crippen molar-refractivity contribution in [2.75, 3.05) is 38.6 Å². The van der Waals surface area contributed by atoms with E-state index in [1.165, 1.54) is 19.3 Å². The normalized spacial score (nSPS) is 17.1. The smallest absolute Gasteiger partial charge is 0.255 e. The maximum atomic E-state index is 12.9. The molecule has 2 fully saturated rings. The Morgan fingerprint density at radius 3 is 2.50 bits per heavy atom. The van der Waals surface area contributed by atoms with Gasteiger partial charge < -0.3 is 15.0 Å². The molecule has 0 aromatic heterocycles. The fourth-order valence-corrected chi connectivity index (χ4v) is 4.95. The summed E-state index contributed by atoms with van der Waals surface area (Å²) in [6.45, 7) is 3.83. The van der Waals surface area contributed by atoms with Gasteiger partial charge in [-0.15, -0.1) is 0 Å². The van der Waals surface area contributed by atoms with Crippen molar-refractivity contribution >= 4 is 17.5 Å². The highest BCUT2D eigenvalue weighted by Gasteiger charge is 2.28. The average molecular weight is 461 g/mol. The molecule has 4 rings (SSSR count). The quantitative estimate of drug-likeness (QED) is 0.703. The molecule has 0 atom stereocenters. The molecule has 0 bridgehead atoms. The van der Waals surface area contributed by atoms with Gasteiger partial charge in [-0.05, 0) is 37.1 Å². The summed E-state index contributed by atoms with van der Waals surface area (Å²) in [5, 5.41) is 12.0. The zero-order valence-electron chi connectivity index (χ0n) is 19.8. The Morgan fingerprint density at radius 1 is 1.06 bits per heavy atom. The molecule has 1 N–H and O–H groups in total. The number of nitrogens with one attached hydrogen (secondary N) is 1. The molecule has 7 nitrogen and oxygen atoms in total. The minimum absolute atomic E-state index is 0.217. The number of para-hydroxylation sites is 1. The molecule has 7 heteroatoms. The summed E-state index contributed by atoms with van der Waals surface area (Å²) in [6, 6.07) is 14.4. The van der Waals surface area contributed by atoms with E-state index in [0.29, 0.717) is 35.0 Å². The highest BCUT2D eigenvalue weighted by atomic mass is 16.5. The summed E-state index contributed by atoms with van der Waals surface area (Å²) in [5.74, 6) is 0.895. The topological polar surface area (TPSA) is 85.7 Å². The Kier molecular flexibility index (Phi) is 7.81. The largest absolute Gasteiger partial charge is 0.494 e. The second-order valence-corrected chi connectivity index (χ2v) is 9.08. The highest BCUT2D eigenvalue weighted by molar-refractivity contribution is 6.05. The summed E-state index contributed by atoms with van der Waals surface area (Å²) in [4.78, 5) is 30.0. The van der Waals surface area contributed by atoms with Crippen LogP contribution in [-0.2, 0) is 11.3 Å². The van der Waals surface area contributed by atoms with Gasteiger partial charge in [0.15, 0.2) is 0 Å². The first-order valence-corrected chi connectivity index (χ1v) is 12.1. The number of ether oxygens (including phenoxy) is 1. The van der Waals surface area contributed by atoms with Gasteiger partial charge in [-0.25, -0.2) is 0 Å². The number of carbonyl (C=O) groups excluding carboxylic acids is 2. The van der Waals surface area contributed by atoms with E-state index in [1.54, 1.807) is 31.4 Å². The van der Waals surface area contributed by atoms with Crippen LogP contribution in [0.5, 0.6) is 5.75 Å². The third-order valence-electron chi connectivity index (χ3n) is 6.84. The molecule has 2 aromatic rings. The highest BCUT2D eigenvalue weighted by Crippen LogP contribution is 2.31. The van der Waals surface area contributed by atoms with Gasteiger partial charge >= 0.3 is 0 Å². The molecule has 1 saturated heterocycles. The number of carbonyl (C=O) groups is 2. The molecule has 1 aliphatic carbocycles. The summed E-state index contributed by atoms with van der Waals surface area (Å²) in [7, 11) is 1.60. The third kappa shape index (κ3) is 5.57. The Labute approximate surface area is 201 Å². The zero-order chi connectivity index (χ0) is 23.9. The van der Waals surface area contributed by atoms with Gasteiger partial charge in [-0.2, -0.15) is 5.26 Å². The van der Waals surface area contributed by atoms with Crippen molar-refractivity contribution in [1.82, 2.24) is 9.80 Å². The van der Waals surface area contributed by atoms with Gasteiger partial charge in [0.05, 0.1) is 24.4 Å². The minimum Gasteiger partial charge on any atom is -0.494 e. The first-order chi connectivity index (χ1) is 16.6. The molecule has 1 aliphatic heterocycles. The number of hydrogen-bond acceptors (Lipinski definition) is 5. The summed E-state index contributed by atoms with van der Waals surface area (Å²) < 4.78 is 5.68. The number of methoxy groups -OCH3 is 1. The van der Waals surface area contributed by atoms with Crippen molar-refractivity contribution in [3.05, 3.63) is 59.2 Å². The Balaban J connectivity index is 1.38. The maximum Gasteiger partial charge on any atom is 0.255 e. The number of benzene rings is 2. The van der Waals surface area contributed by atoms with E-state index in [0.717, 1.165) is 44.6 Å².